The van der Waals surface area contributed by atoms with Crippen LogP contribution in [0, 0.1) is 0 Å². The van der Waals surface area contributed by atoms with Gasteiger partial charge in [-0.15, -0.1) is 0 Å². The molecule has 94 valence electrons. The SMILES string of the molecule is COc1ncccc1Cn1cccc(CN)c1=O. The minimum atomic E-state index is -0.0779. The minimum Gasteiger partial charge on any atom is -0.481 e. The summed E-state index contributed by atoms with van der Waals surface area (Å²) in [6.45, 7) is 0.660. The summed E-state index contributed by atoms with van der Waals surface area (Å²) in [5, 5.41) is 0. The van der Waals surface area contributed by atoms with Crippen molar-refractivity contribution in [1.82, 2.24) is 9.55 Å². The molecule has 0 spiro atoms. The summed E-state index contributed by atoms with van der Waals surface area (Å²) in [6.07, 6.45) is 3.38. The van der Waals surface area contributed by atoms with Gasteiger partial charge in [-0.2, -0.15) is 0 Å². The molecule has 0 bridgehead atoms. The second-order valence-corrected chi connectivity index (χ2v) is 3.84. The topological polar surface area (TPSA) is 70.1 Å². The first-order valence-corrected chi connectivity index (χ1v) is 5.62. The van der Waals surface area contributed by atoms with E-state index in [0.717, 1.165) is 5.56 Å². The standard InChI is InChI=1S/C13H15N3O2/c1-18-12-11(4-2-6-15-12)9-16-7-3-5-10(8-14)13(16)17/h2-7H,8-9,14H2,1H3. The van der Waals surface area contributed by atoms with E-state index in [-0.39, 0.29) is 12.1 Å². The fraction of sp³-hybridized carbons (Fsp3) is 0.231. The van der Waals surface area contributed by atoms with Crippen LogP contribution in [-0.2, 0) is 13.1 Å². The number of ether oxygens (including phenoxy) is 1. The highest BCUT2D eigenvalue weighted by atomic mass is 16.5. The van der Waals surface area contributed by atoms with Gasteiger partial charge >= 0.3 is 0 Å². The summed E-state index contributed by atoms with van der Waals surface area (Å²) >= 11 is 0. The van der Waals surface area contributed by atoms with Crippen molar-refractivity contribution < 1.29 is 4.74 Å². The van der Waals surface area contributed by atoms with Crippen molar-refractivity contribution in [1.29, 1.82) is 0 Å². The van der Waals surface area contributed by atoms with Crippen molar-refractivity contribution in [2.24, 2.45) is 5.73 Å². The molecule has 0 atom stereocenters. The Hall–Kier alpha value is -2.14. The molecule has 5 nitrogen and oxygen atoms in total. The molecule has 2 aromatic rings. The van der Waals surface area contributed by atoms with Crippen LogP contribution in [0.25, 0.3) is 0 Å². The number of nitrogens with two attached hydrogens (primary N) is 1. The predicted octanol–water partition coefficient (Wildman–Crippen LogP) is 0.759. The number of nitrogens with zero attached hydrogens (tertiary/aromatic N) is 2. The zero-order chi connectivity index (χ0) is 13.0. The molecule has 2 rings (SSSR count). The van der Waals surface area contributed by atoms with E-state index in [1.54, 1.807) is 30.1 Å². The quantitative estimate of drug-likeness (QED) is 0.863. The number of pyridine rings is 2. The second kappa shape index (κ2) is 5.46. The lowest BCUT2D eigenvalue weighted by Gasteiger charge is -2.09. The summed E-state index contributed by atoms with van der Waals surface area (Å²) in [5.74, 6) is 0.530. The molecule has 2 N–H and O–H groups in total. The smallest absolute Gasteiger partial charge is 0.255 e. The minimum absolute atomic E-state index is 0.0779. The first-order chi connectivity index (χ1) is 8.76. The van der Waals surface area contributed by atoms with E-state index in [4.69, 9.17) is 10.5 Å². The molecule has 0 aliphatic rings. The van der Waals surface area contributed by atoms with E-state index in [2.05, 4.69) is 4.98 Å². The van der Waals surface area contributed by atoms with Crippen molar-refractivity contribution in [2.75, 3.05) is 7.11 Å². The molecular formula is C13H15N3O2. The van der Waals surface area contributed by atoms with Gasteiger partial charge in [0.05, 0.1) is 13.7 Å². The molecule has 5 heteroatoms. The van der Waals surface area contributed by atoms with Crippen LogP contribution < -0.4 is 16.0 Å². The Balaban J connectivity index is 2.37. The van der Waals surface area contributed by atoms with Gasteiger partial charge in [-0.05, 0) is 12.1 Å². The Morgan fingerprint density at radius 3 is 2.83 bits per heavy atom. The Kier molecular flexibility index (Phi) is 3.74. The molecule has 0 saturated heterocycles. The van der Waals surface area contributed by atoms with Crippen LogP contribution in [0.4, 0.5) is 0 Å². The Morgan fingerprint density at radius 1 is 1.33 bits per heavy atom. The summed E-state index contributed by atoms with van der Waals surface area (Å²) in [5.41, 5.74) is 6.90. The third-order valence-corrected chi connectivity index (χ3v) is 2.70. The largest absolute Gasteiger partial charge is 0.481 e. The van der Waals surface area contributed by atoms with E-state index in [0.29, 0.717) is 18.0 Å². The van der Waals surface area contributed by atoms with E-state index < -0.39 is 0 Å². The van der Waals surface area contributed by atoms with Crippen LogP contribution in [-0.4, -0.2) is 16.7 Å². The molecule has 0 saturated carbocycles. The van der Waals surface area contributed by atoms with Crippen LogP contribution in [0.2, 0.25) is 0 Å². The summed E-state index contributed by atoms with van der Waals surface area (Å²) in [4.78, 5) is 16.1. The number of aromatic nitrogens is 2. The van der Waals surface area contributed by atoms with Crippen LogP contribution in [0.3, 0.4) is 0 Å². The average molecular weight is 245 g/mol. The van der Waals surface area contributed by atoms with Gasteiger partial charge < -0.3 is 15.0 Å². The Bertz CT molecular complexity index is 593. The summed E-state index contributed by atoms with van der Waals surface area (Å²) in [6, 6.07) is 7.24. The van der Waals surface area contributed by atoms with Gasteiger partial charge in [0.15, 0.2) is 0 Å². The third-order valence-electron chi connectivity index (χ3n) is 2.70. The lowest BCUT2D eigenvalue weighted by atomic mass is 10.2. The zero-order valence-electron chi connectivity index (χ0n) is 10.2. The van der Waals surface area contributed by atoms with Gasteiger partial charge in [0.1, 0.15) is 0 Å². The summed E-state index contributed by atoms with van der Waals surface area (Å²) < 4.78 is 6.76. The molecule has 0 fully saturated rings. The molecule has 0 unspecified atom stereocenters. The second-order valence-electron chi connectivity index (χ2n) is 3.84. The molecule has 18 heavy (non-hydrogen) atoms. The first kappa shape index (κ1) is 12.3. The normalized spacial score (nSPS) is 10.3. The molecule has 0 amide bonds. The molecule has 2 heterocycles. The molecule has 0 radical (unpaired) electrons. The third kappa shape index (κ3) is 2.41. The first-order valence-electron chi connectivity index (χ1n) is 5.62. The molecule has 0 aliphatic heterocycles. The highest BCUT2D eigenvalue weighted by Crippen LogP contribution is 2.14. The molecular weight excluding hydrogens is 230 g/mol. The number of hydrogen-bond donors (Lipinski definition) is 1. The van der Waals surface area contributed by atoms with Gasteiger partial charge in [0.2, 0.25) is 5.88 Å². The van der Waals surface area contributed by atoms with E-state index in [9.17, 15) is 4.79 Å². The maximum absolute atomic E-state index is 12.0. The number of methoxy groups -OCH3 is 1. The fourth-order valence-corrected chi connectivity index (χ4v) is 1.78. The maximum atomic E-state index is 12.0. The van der Waals surface area contributed by atoms with E-state index in [1.807, 2.05) is 18.2 Å². The molecule has 2 aromatic heterocycles. The van der Waals surface area contributed by atoms with Crippen molar-refractivity contribution in [3.05, 3.63) is 58.1 Å². The van der Waals surface area contributed by atoms with Gasteiger partial charge in [-0.25, -0.2) is 4.98 Å². The molecule has 0 aromatic carbocycles. The van der Waals surface area contributed by atoms with Gasteiger partial charge in [0, 0.05) is 30.1 Å². The lowest BCUT2D eigenvalue weighted by Crippen LogP contribution is -2.25. The van der Waals surface area contributed by atoms with Gasteiger partial charge in [-0.1, -0.05) is 12.1 Å². The van der Waals surface area contributed by atoms with Crippen LogP contribution >= 0.6 is 0 Å². The van der Waals surface area contributed by atoms with E-state index in [1.165, 1.54) is 0 Å². The van der Waals surface area contributed by atoms with Crippen molar-refractivity contribution in [2.45, 2.75) is 13.1 Å². The van der Waals surface area contributed by atoms with E-state index >= 15 is 0 Å². The van der Waals surface area contributed by atoms with Crippen LogP contribution in [0.15, 0.2) is 41.5 Å². The van der Waals surface area contributed by atoms with Crippen molar-refractivity contribution in [3.63, 3.8) is 0 Å². The highest BCUT2D eigenvalue weighted by molar-refractivity contribution is 5.26. The Morgan fingerprint density at radius 2 is 2.11 bits per heavy atom. The van der Waals surface area contributed by atoms with Crippen molar-refractivity contribution in [3.8, 4) is 5.88 Å². The number of hydrogen-bond acceptors (Lipinski definition) is 4. The van der Waals surface area contributed by atoms with Crippen LogP contribution in [0.5, 0.6) is 5.88 Å². The average Bonchev–Trinajstić information content (AvgIpc) is 2.42. The lowest BCUT2D eigenvalue weighted by molar-refractivity contribution is 0.391. The monoisotopic (exact) mass is 245 g/mol. The highest BCUT2D eigenvalue weighted by Gasteiger charge is 2.06. The number of rotatable bonds is 4. The van der Waals surface area contributed by atoms with Crippen LogP contribution in [0.1, 0.15) is 11.1 Å². The fourth-order valence-electron chi connectivity index (χ4n) is 1.78. The van der Waals surface area contributed by atoms with Gasteiger partial charge in [0.25, 0.3) is 5.56 Å². The predicted molar refractivity (Wildman–Crippen MR) is 68.5 cm³/mol. The zero-order valence-corrected chi connectivity index (χ0v) is 10.2. The maximum Gasteiger partial charge on any atom is 0.255 e. The Labute approximate surface area is 105 Å². The van der Waals surface area contributed by atoms with Gasteiger partial charge in [-0.3, -0.25) is 4.79 Å². The molecule has 0 aliphatic carbocycles. The summed E-state index contributed by atoms with van der Waals surface area (Å²) in [7, 11) is 1.56. The van der Waals surface area contributed by atoms with Crippen molar-refractivity contribution >= 4 is 0 Å².